The second-order valence-corrected chi connectivity index (χ2v) is 6.71. The van der Waals surface area contributed by atoms with E-state index < -0.39 is 11.1 Å². The number of para-hydroxylation sites is 1. The Morgan fingerprint density at radius 3 is 2.33 bits per heavy atom. The van der Waals surface area contributed by atoms with Gasteiger partial charge in [-0.2, -0.15) is 0 Å². The Kier molecular flexibility index (Phi) is 5.40. The molecule has 2 N–H and O–H groups in total. The first kappa shape index (κ1) is 17.5. The Hall–Kier alpha value is -1.55. The van der Waals surface area contributed by atoms with Gasteiger partial charge >= 0.3 is 0 Å². The van der Waals surface area contributed by atoms with Gasteiger partial charge in [0.05, 0.1) is 11.1 Å². The molecule has 0 aliphatic carbocycles. The summed E-state index contributed by atoms with van der Waals surface area (Å²) in [7, 11) is 0. The maximum atomic E-state index is 12.0. The molecule has 0 aliphatic rings. The SMILES string of the molecule is CC(C)c1ccccc1OCC(=O)NC(C)(C)C(C)(C)O. The van der Waals surface area contributed by atoms with Crippen molar-refractivity contribution < 1.29 is 14.6 Å². The Bertz CT molecular complexity index is 487. The van der Waals surface area contributed by atoms with Gasteiger partial charge in [-0.1, -0.05) is 32.0 Å². The minimum absolute atomic E-state index is 0.0662. The monoisotopic (exact) mass is 293 g/mol. The Balaban J connectivity index is 2.67. The van der Waals surface area contributed by atoms with E-state index in [4.69, 9.17) is 4.74 Å². The molecule has 0 bridgehead atoms. The van der Waals surface area contributed by atoms with Gasteiger partial charge in [0.1, 0.15) is 5.75 Å². The summed E-state index contributed by atoms with van der Waals surface area (Å²) in [6.07, 6.45) is 0. The van der Waals surface area contributed by atoms with E-state index >= 15 is 0 Å². The lowest BCUT2D eigenvalue weighted by Gasteiger charge is -2.37. The summed E-state index contributed by atoms with van der Waals surface area (Å²) in [6.45, 7) is 11.0. The van der Waals surface area contributed by atoms with Gasteiger partial charge in [0.2, 0.25) is 0 Å². The number of hydrogen-bond donors (Lipinski definition) is 2. The lowest BCUT2D eigenvalue weighted by atomic mass is 9.86. The molecule has 1 aromatic carbocycles. The molecule has 0 spiro atoms. The Labute approximate surface area is 127 Å². The van der Waals surface area contributed by atoms with E-state index in [0.717, 1.165) is 11.3 Å². The quantitative estimate of drug-likeness (QED) is 0.848. The van der Waals surface area contributed by atoms with Gasteiger partial charge in [-0.3, -0.25) is 4.79 Å². The molecule has 0 saturated heterocycles. The topological polar surface area (TPSA) is 58.6 Å². The molecular weight excluding hydrogens is 266 g/mol. The van der Waals surface area contributed by atoms with E-state index in [1.165, 1.54) is 0 Å². The van der Waals surface area contributed by atoms with Crippen molar-refractivity contribution in [3.8, 4) is 5.75 Å². The standard InChI is InChI=1S/C17H27NO3/c1-12(2)13-9-7-8-10-14(13)21-11-15(19)18-16(3,4)17(5,6)20/h7-10,12,20H,11H2,1-6H3,(H,18,19). The zero-order valence-electron chi connectivity index (χ0n) is 13.9. The normalized spacial score (nSPS) is 12.4. The van der Waals surface area contributed by atoms with Crippen molar-refractivity contribution in [2.24, 2.45) is 0 Å². The third kappa shape index (κ3) is 4.74. The molecule has 4 heteroatoms. The van der Waals surface area contributed by atoms with Crippen LogP contribution in [0.3, 0.4) is 0 Å². The highest BCUT2D eigenvalue weighted by atomic mass is 16.5. The molecule has 0 fully saturated rings. The number of benzene rings is 1. The van der Waals surface area contributed by atoms with Crippen LogP contribution in [0.4, 0.5) is 0 Å². The van der Waals surface area contributed by atoms with Crippen LogP contribution in [-0.4, -0.2) is 28.8 Å². The largest absolute Gasteiger partial charge is 0.483 e. The lowest BCUT2D eigenvalue weighted by molar-refractivity contribution is -0.128. The molecule has 1 amide bonds. The van der Waals surface area contributed by atoms with Gasteiger partial charge in [0.25, 0.3) is 5.91 Å². The van der Waals surface area contributed by atoms with E-state index in [9.17, 15) is 9.90 Å². The molecule has 0 heterocycles. The fraction of sp³-hybridized carbons (Fsp3) is 0.588. The number of carbonyl (C=O) groups excluding carboxylic acids is 1. The van der Waals surface area contributed by atoms with Crippen LogP contribution in [0.2, 0.25) is 0 Å². The van der Waals surface area contributed by atoms with Crippen LogP contribution in [0, 0.1) is 0 Å². The Morgan fingerprint density at radius 2 is 1.81 bits per heavy atom. The lowest BCUT2D eigenvalue weighted by Crippen LogP contribution is -2.58. The second-order valence-electron chi connectivity index (χ2n) is 6.71. The fourth-order valence-corrected chi connectivity index (χ4v) is 1.77. The maximum absolute atomic E-state index is 12.0. The highest BCUT2D eigenvalue weighted by Crippen LogP contribution is 2.26. The van der Waals surface area contributed by atoms with Crippen LogP contribution in [0.25, 0.3) is 0 Å². The molecule has 118 valence electrons. The smallest absolute Gasteiger partial charge is 0.258 e. The zero-order chi connectivity index (χ0) is 16.3. The first-order valence-electron chi connectivity index (χ1n) is 7.29. The third-order valence-corrected chi connectivity index (χ3v) is 3.88. The molecule has 0 radical (unpaired) electrons. The number of aliphatic hydroxyl groups is 1. The predicted octanol–water partition coefficient (Wildman–Crippen LogP) is 2.85. The number of rotatable bonds is 6. The number of amides is 1. The molecule has 21 heavy (non-hydrogen) atoms. The Morgan fingerprint density at radius 1 is 1.24 bits per heavy atom. The molecule has 1 rings (SSSR count). The van der Waals surface area contributed by atoms with Crippen molar-refractivity contribution in [3.63, 3.8) is 0 Å². The molecule has 0 saturated carbocycles. The number of nitrogens with one attached hydrogen (secondary N) is 1. The van der Waals surface area contributed by atoms with E-state index in [2.05, 4.69) is 19.2 Å². The first-order valence-corrected chi connectivity index (χ1v) is 7.29. The molecule has 0 aromatic heterocycles. The summed E-state index contributed by atoms with van der Waals surface area (Å²) in [4.78, 5) is 12.0. The van der Waals surface area contributed by atoms with E-state index in [-0.39, 0.29) is 12.5 Å². The first-order chi connectivity index (χ1) is 9.54. The van der Waals surface area contributed by atoms with E-state index in [0.29, 0.717) is 5.92 Å². The summed E-state index contributed by atoms with van der Waals surface area (Å²) < 4.78 is 5.63. The van der Waals surface area contributed by atoms with Gasteiger partial charge in [-0.25, -0.2) is 0 Å². The van der Waals surface area contributed by atoms with E-state index in [1.54, 1.807) is 27.7 Å². The van der Waals surface area contributed by atoms with Gasteiger partial charge < -0.3 is 15.2 Å². The van der Waals surface area contributed by atoms with Gasteiger partial charge in [-0.15, -0.1) is 0 Å². The maximum Gasteiger partial charge on any atom is 0.258 e. The highest BCUT2D eigenvalue weighted by molar-refractivity contribution is 5.78. The number of hydrogen-bond acceptors (Lipinski definition) is 3. The molecule has 0 atom stereocenters. The third-order valence-electron chi connectivity index (χ3n) is 3.88. The summed E-state index contributed by atoms with van der Waals surface area (Å²) in [5, 5.41) is 12.8. The van der Waals surface area contributed by atoms with Crippen molar-refractivity contribution in [2.75, 3.05) is 6.61 Å². The van der Waals surface area contributed by atoms with E-state index in [1.807, 2.05) is 24.3 Å². The average molecular weight is 293 g/mol. The van der Waals surface area contributed by atoms with Crippen molar-refractivity contribution >= 4 is 5.91 Å². The minimum atomic E-state index is -1.02. The minimum Gasteiger partial charge on any atom is -0.483 e. The summed E-state index contributed by atoms with van der Waals surface area (Å²) in [6, 6.07) is 7.71. The van der Waals surface area contributed by atoms with Crippen LogP contribution < -0.4 is 10.1 Å². The van der Waals surface area contributed by atoms with Crippen molar-refractivity contribution in [1.29, 1.82) is 0 Å². The van der Waals surface area contributed by atoms with Crippen molar-refractivity contribution in [1.82, 2.24) is 5.32 Å². The van der Waals surface area contributed by atoms with Crippen LogP contribution in [0.15, 0.2) is 24.3 Å². The number of carbonyl (C=O) groups is 1. The fourth-order valence-electron chi connectivity index (χ4n) is 1.77. The zero-order valence-corrected chi connectivity index (χ0v) is 13.9. The average Bonchev–Trinajstić information content (AvgIpc) is 2.34. The van der Waals surface area contributed by atoms with Crippen LogP contribution >= 0.6 is 0 Å². The second kappa shape index (κ2) is 6.48. The molecular formula is C17H27NO3. The van der Waals surface area contributed by atoms with Crippen molar-refractivity contribution in [2.45, 2.75) is 58.6 Å². The summed E-state index contributed by atoms with van der Waals surface area (Å²) in [5.74, 6) is 0.807. The molecule has 1 aromatic rings. The molecule has 0 unspecified atom stereocenters. The highest BCUT2D eigenvalue weighted by Gasteiger charge is 2.36. The van der Waals surface area contributed by atoms with Gasteiger partial charge in [0.15, 0.2) is 6.61 Å². The molecule has 0 aliphatic heterocycles. The number of ether oxygens (including phenoxy) is 1. The molecule has 4 nitrogen and oxygen atoms in total. The van der Waals surface area contributed by atoms with Gasteiger partial charge in [-0.05, 0) is 45.2 Å². The summed E-state index contributed by atoms with van der Waals surface area (Å²) in [5.41, 5.74) is -0.671. The summed E-state index contributed by atoms with van der Waals surface area (Å²) >= 11 is 0. The van der Waals surface area contributed by atoms with Crippen LogP contribution in [0.1, 0.15) is 53.0 Å². The van der Waals surface area contributed by atoms with Crippen molar-refractivity contribution in [3.05, 3.63) is 29.8 Å². The van der Waals surface area contributed by atoms with Crippen LogP contribution in [0.5, 0.6) is 5.75 Å². The predicted molar refractivity (Wildman–Crippen MR) is 84.5 cm³/mol. The van der Waals surface area contributed by atoms with Crippen LogP contribution in [-0.2, 0) is 4.79 Å². The van der Waals surface area contributed by atoms with Gasteiger partial charge in [0, 0.05) is 0 Å².